The van der Waals surface area contributed by atoms with Crippen LogP contribution in [0.4, 0.5) is 0 Å². The Morgan fingerprint density at radius 1 is 0.229 bits per heavy atom. The number of aliphatic carboxylic acids is 12. The summed E-state index contributed by atoms with van der Waals surface area (Å²) in [5.41, 5.74) is -8.33. The van der Waals surface area contributed by atoms with Gasteiger partial charge in [0, 0.05) is 189 Å². The van der Waals surface area contributed by atoms with Gasteiger partial charge in [0.05, 0.1) is 24.3 Å². The minimum atomic E-state index is -1.01. The summed E-state index contributed by atoms with van der Waals surface area (Å²) in [6.07, 6.45) is 6.66. The first kappa shape index (κ1) is 181. The van der Waals surface area contributed by atoms with E-state index in [1.807, 2.05) is 0 Å². The zero-order valence-electron chi connectivity index (χ0n) is 76.0. The van der Waals surface area contributed by atoms with Gasteiger partial charge in [0.15, 0.2) is 11.6 Å². The van der Waals surface area contributed by atoms with E-state index in [4.69, 9.17) is 21.0 Å². The molecule has 0 spiro atoms. The van der Waals surface area contributed by atoms with Crippen LogP contribution in [-0.4, -0.2) is 91.6 Å². The molecule has 2 radical (unpaired) electrons. The Balaban J connectivity index is -0.0000000340. The Hall–Kier alpha value is -7.28. The minimum absolute atomic E-state index is 0. The van der Waals surface area contributed by atoms with Gasteiger partial charge in [-0.2, -0.15) is 21.0 Å². The zero-order valence-corrected chi connectivity index (χ0v) is 82.8. The molecule has 0 aliphatic carbocycles. The molecule has 0 aromatic carbocycles. The van der Waals surface area contributed by atoms with Crippen LogP contribution in [0.1, 0.15) is 277 Å². The molecule has 118 heavy (non-hydrogen) atoms. The quantitative estimate of drug-likeness (QED) is 0.228. The van der Waals surface area contributed by atoms with Crippen LogP contribution in [-0.2, 0) is 182 Å². The largest absolute Gasteiger partial charge is 3.00 e. The monoisotopic (exact) mass is 1940 g/mol. The van der Waals surface area contributed by atoms with Gasteiger partial charge < -0.3 is 141 Å². The van der Waals surface area contributed by atoms with Crippen molar-refractivity contribution >= 4 is 71.6 Å². The molecule has 0 saturated heterocycles. The van der Waals surface area contributed by atoms with E-state index in [1.54, 1.807) is 310 Å². The number of nitrogens with zero attached hydrogens (tertiary/aromatic N) is 8. The molecule has 42 heteroatoms. The van der Waals surface area contributed by atoms with E-state index in [-0.39, 0.29) is 124 Å². The van der Waals surface area contributed by atoms with E-state index >= 15 is 0 Å². The van der Waals surface area contributed by atoms with Gasteiger partial charge in [-0.15, -0.1) is 0 Å². The maximum atomic E-state index is 9.91. The van der Waals surface area contributed by atoms with Crippen LogP contribution in [0.25, 0.3) is 11.6 Å². The maximum absolute atomic E-state index is 9.91. The molecule has 0 saturated carbocycles. The molecule has 36 nitrogen and oxygen atoms in total. The summed E-state index contributed by atoms with van der Waals surface area (Å²) in [6.45, 7) is 63.3. The van der Waals surface area contributed by atoms with Crippen molar-refractivity contribution in [2.24, 2.45) is 65.0 Å². The van der Waals surface area contributed by atoms with Gasteiger partial charge in [-0.3, -0.25) is 0 Å². The second-order valence-corrected chi connectivity index (χ2v) is 33.5. The zero-order chi connectivity index (χ0) is 92.0. The summed E-state index contributed by atoms with van der Waals surface area (Å²) in [5, 5.41) is 148. The van der Waals surface area contributed by atoms with Crippen molar-refractivity contribution in [1.82, 2.24) is 19.9 Å². The summed E-state index contributed by atoms with van der Waals surface area (Å²) >= 11 is 0. The molecule has 2 heterocycles. The normalized spacial score (nSPS) is 9.29. The van der Waals surface area contributed by atoms with Gasteiger partial charge >= 0.3 is 102 Å². The summed E-state index contributed by atoms with van der Waals surface area (Å²) < 4.78 is 0. The second-order valence-electron chi connectivity index (χ2n) is 33.5. The van der Waals surface area contributed by atoms with Crippen LogP contribution in [0.5, 0.6) is 0 Å². The third-order valence-corrected chi connectivity index (χ3v) is 8.68. The van der Waals surface area contributed by atoms with Crippen molar-refractivity contribution < 1.29 is 243 Å². The van der Waals surface area contributed by atoms with Gasteiger partial charge in [-0.1, -0.05) is 249 Å². The van der Waals surface area contributed by atoms with E-state index in [2.05, 4.69) is 19.9 Å². The predicted octanol–water partition coefficient (Wildman–Crippen LogP) is -1.65. The smallest absolute Gasteiger partial charge is 2.00 e. The van der Waals surface area contributed by atoms with E-state index < -0.39 is 137 Å². The van der Waals surface area contributed by atoms with Gasteiger partial charge in [0.2, 0.25) is 0 Å². The topological polar surface area (TPSA) is 751 Å². The Kier molecular flexibility index (Phi) is 137. The second kappa shape index (κ2) is 89.0. The molecule has 0 bridgehead atoms. The molecule has 0 atom stereocenters. The fourth-order valence-corrected chi connectivity index (χ4v) is 0.829. The molecule has 688 valence electrons. The summed E-state index contributed by atoms with van der Waals surface area (Å²) in [6, 6.07) is 10.5. The van der Waals surface area contributed by atoms with Gasteiger partial charge in [-0.25, -0.2) is 19.9 Å². The van der Waals surface area contributed by atoms with E-state index in [0.717, 1.165) is 0 Å². The third-order valence-electron chi connectivity index (χ3n) is 8.68. The van der Waals surface area contributed by atoms with Crippen LogP contribution in [0.15, 0.2) is 36.9 Å². The van der Waals surface area contributed by atoms with Crippen molar-refractivity contribution in [2.75, 3.05) is 0 Å². The van der Waals surface area contributed by atoms with Gasteiger partial charge in [0.1, 0.15) is 0 Å². The van der Waals surface area contributed by atoms with Crippen LogP contribution in [0.2, 0.25) is 0 Å². The summed E-state index contributed by atoms with van der Waals surface area (Å²) in [7, 11) is 0. The van der Waals surface area contributed by atoms with Crippen LogP contribution in [0, 0.1) is 110 Å². The number of carboxylic acids is 12. The molecule has 2 aromatic heterocycles. The number of carboxylic acid groups (broad SMARTS) is 12. The fourth-order valence-electron chi connectivity index (χ4n) is 0.829. The van der Waals surface area contributed by atoms with Crippen molar-refractivity contribution in [3.05, 3.63) is 36.9 Å². The molecule has 2 rings (SSSR count). The van der Waals surface area contributed by atoms with Gasteiger partial charge in [0.25, 0.3) is 0 Å². The van der Waals surface area contributed by atoms with Crippen molar-refractivity contribution in [2.45, 2.75) is 277 Å². The minimum Gasteiger partial charge on any atom is -2.00 e. The number of nitriles is 4. The molecular formula is C76H132Fe4Mn2N8O28+2. The molecule has 0 amide bonds. The number of carbonyl (C=O) groups is 12. The Labute approximate surface area is 765 Å². The number of aromatic nitrogens is 4. The number of rotatable bonds is 1. The Morgan fingerprint density at radius 2 is 0.271 bits per heavy atom. The molecule has 2 aromatic rings. The SMILES string of the molecule is CC#N.CC#N.CC#N.CC#N.CC(C)(C)C(=O)[O-].CC(C)(C)C(=O)[O-].CC(C)(C)C(=O)[O-].CC(C)(C)C(=O)[O-].CC(C)(C)C(=O)[O-].CC(C)(C)C(=O)[O-].CC(C)(C)C(=O)[O-].CC(C)(C)C(=O)[O-].CC(C)(C)C(=O)[O-].CC(C)(C)C(=O)[O-].CC(C)(C)C(=O)[O-].CC(C)(C)C(=O)[O-].[Fe+2].[Fe+2].[Fe+3].[Fe+3].[Mn+3].[Mn+3].[O-2].[O-2].[OH3+].[OH3+].c1cnc(-c2ncccn2)nc1. The average Bonchev–Trinajstić information content (AvgIpc) is 3.43. The number of hydrogen-bond donors (Lipinski definition) is 0. The molecule has 0 aliphatic heterocycles. The fraction of sp³-hybridized carbons (Fsp3) is 0.684. The maximum Gasteiger partial charge on any atom is 3.00 e. The summed E-state index contributed by atoms with van der Waals surface area (Å²) in [4.78, 5) is 135. The first-order valence-electron chi connectivity index (χ1n) is 32.3. The standard InChI is InChI=1S/C8H6N4.12C5H10O2.4C2H3N.4Fe.2Mn.2H2O.2O/c1-3-9-7(10-4-1)8-11-5-2-6-12-8;12*1-5(2,3)4(6)7;4*1-2-3;;;;;;;;;;/h1-6H;12*1-3H3,(H,6,7);4*1H3;;;;;;;2*1H2;;/q;;;;;;;;;;;;;;;;;2*+2;4*+3;;;2*-2/p-10. The van der Waals surface area contributed by atoms with Crippen molar-refractivity contribution in [3.63, 3.8) is 0 Å². The van der Waals surface area contributed by atoms with E-state index in [0.29, 0.717) is 11.6 Å². The van der Waals surface area contributed by atoms with Crippen LogP contribution >= 0.6 is 0 Å². The van der Waals surface area contributed by atoms with Crippen molar-refractivity contribution in [3.8, 4) is 35.9 Å². The summed E-state index contributed by atoms with van der Waals surface area (Å²) in [5.74, 6) is -11.0. The Morgan fingerprint density at radius 3 is 0.305 bits per heavy atom. The van der Waals surface area contributed by atoms with E-state index in [9.17, 15) is 119 Å². The van der Waals surface area contributed by atoms with Crippen LogP contribution in [0.3, 0.4) is 0 Å². The van der Waals surface area contributed by atoms with Crippen LogP contribution < -0.4 is 61.3 Å². The molecular weight excluding hydrogens is 1810 g/mol. The first-order valence-corrected chi connectivity index (χ1v) is 32.3. The molecule has 0 aliphatic rings. The number of hydrogen-bond acceptors (Lipinski definition) is 32. The average molecular weight is 1940 g/mol. The van der Waals surface area contributed by atoms with E-state index in [1.165, 1.54) is 27.7 Å². The number of carbonyl (C=O) groups excluding carboxylic acids is 12. The molecule has 0 fully saturated rings. The predicted molar refractivity (Wildman–Crippen MR) is 393 cm³/mol. The van der Waals surface area contributed by atoms with Crippen molar-refractivity contribution in [1.29, 1.82) is 21.0 Å². The Bertz CT molecular complexity index is 2470. The van der Waals surface area contributed by atoms with Gasteiger partial charge in [-0.05, 0) is 12.1 Å². The molecule has 0 unspecified atom stereocenters. The first-order chi connectivity index (χ1) is 46.9. The third kappa shape index (κ3) is 176. The molecule has 6 N–H and O–H groups in total.